The highest BCUT2D eigenvalue weighted by Gasteiger charge is 2.40. The van der Waals surface area contributed by atoms with E-state index in [-0.39, 0.29) is 12.0 Å². The lowest BCUT2D eigenvalue weighted by atomic mass is 9.76. The van der Waals surface area contributed by atoms with E-state index in [1.54, 1.807) is 4.90 Å². The van der Waals surface area contributed by atoms with Crippen molar-refractivity contribution in [2.24, 2.45) is 5.41 Å². The highest BCUT2D eigenvalue weighted by molar-refractivity contribution is 5.79. The second kappa shape index (κ2) is 6.75. The van der Waals surface area contributed by atoms with Gasteiger partial charge in [0.2, 0.25) is 5.91 Å². The van der Waals surface area contributed by atoms with Gasteiger partial charge in [0.25, 0.3) is 0 Å². The number of carboxylic acid groups (broad SMARTS) is 1. The number of carbonyl (C=O) groups excluding carboxylic acids is 1. The average Bonchev–Trinajstić information content (AvgIpc) is 2.47. The molecular formula is C15H26N2O4. The second-order valence-electron chi connectivity index (χ2n) is 6.35. The minimum absolute atomic E-state index is 0.0548. The molecule has 2 heterocycles. The lowest BCUT2D eigenvalue weighted by Gasteiger charge is -2.39. The van der Waals surface area contributed by atoms with Crippen LogP contribution in [0.2, 0.25) is 0 Å². The zero-order valence-corrected chi connectivity index (χ0v) is 12.8. The molecule has 0 aromatic carbocycles. The summed E-state index contributed by atoms with van der Waals surface area (Å²) in [5, 5.41) is 19.0. The van der Waals surface area contributed by atoms with Crippen molar-refractivity contribution in [3.63, 3.8) is 0 Å². The number of carbonyl (C=O) groups is 2. The third-order valence-electron chi connectivity index (χ3n) is 5.04. The Morgan fingerprint density at radius 2 is 1.90 bits per heavy atom. The molecule has 0 aliphatic carbocycles. The van der Waals surface area contributed by atoms with Gasteiger partial charge in [0.05, 0.1) is 18.1 Å². The Labute approximate surface area is 125 Å². The van der Waals surface area contributed by atoms with Gasteiger partial charge in [-0.15, -0.1) is 0 Å². The first-order valence-electron chi connectivity index (χ1n) is 7.88. The third kappa shape index (κ3) is 3.74. The number of aliphatic hydroxyl groups excluding tert-OH is 1. The van der Waals surface area contributed by atoms with Crippen LogP contribution in [0.5, 0.6) is 0 Å². The van der Waals surface area contributed by atoms with Crippen LogP contribution < -0.4 is 0 Å². The van der Waals surface area contributed by atoms with E-state index in [0.29, 0.717) is 45.4 Å². The number of hydrogen-bond acceptors (Lipinski definition) is 4. The van der Waals surface area contributed by atoms with Crippen molar-refractivity contribution in [3.05, 3.63) is 0 Å². The number of nitrogens with zero attached hydrogens (tertiary/aromatic N) is 2. The summed E-state index contributed by atoms with van der Waals surface area (Å²) in [6.45, 7) is 4.70. The molecule has 2 rings (SSSR count). The second-order valence-corrected chi connectivity index (χ2v) is 6.35. The van der Waals surface area contributed by atoms with E-state index in [1.807, 2.05) is 11.8 Å². The van der Waals surface area contributed by atoms with Crippen molar-refractivity contribution in [1.29, 1.82) is 0 Å². The SMILES string of the molecule is CCC1(C(=O)O)CCN(C(=O)CN2CCC[C@@H](O)C2)CC1. The maximum atomic E-state index is 12.3. The summed E-state index contributed by atoms with van der Waals surface area (Å²) >= 11 is 0. The van der Waals surface area contributed by atoms with E-state index >= 15 is 0 Å². The van der Waals surface area contributed by atoms with Gasteiger partial charge in [0.15, 0.2) is 0 Å². The van der Waals surface area contributed by atoms with Gasteiger partial charge in [-0.2, -0.15) is 0 Å². The van der Waals surface area contributed by atoms with Gasteiger partial charge < -0.3 is 15.1 Å². The molecule has 0 spiro atoms. The van der Waals surface area contributed by atoms with Crippen molar-refractivity contribution in [3.8, 4) is 0 Å². The number of carboxylic acids is 1. The van der Waals surface area contributed by atoms with Crippen molar-refractivity contribution in [2.45, 2.75) is 45.1 Å². The molecule has 1 amide bonds. The summed E-state index contributed by atoms with van der Waals surface area (Å²) in [5.74, 6) is -0.685. The van der Waals surface area contributed by atoms with E-state index in [2.05, 4.69) is 0 Å². The summed E-state index contributed by atoms with van der Waals surface area (Å²) in [7, 11) is 0. The Balaban J connectivity index is 1.84. The summed E-state index contributed by atoms with van der Waals surface area (Å²) in [6, 6.07) is 0. The molecule has 2 fully saturated rings. The Hall–Kier alpha value is -1.14. The summed E-state index contributed by atoms with van der Waals surface area (Å²) < 4.78 is 0. The number of rotatable bonds is 4. The quantitative estimate of drug-likeness (QED) is 0.792. The molecule has 0 radical (unpaired) electrons. The number of piperidine rings is 2. The maximum absolute atomic E-state index is 12.3. The van der Waals surface area contributed by atoms with Crippen LogP contribution in [0.4, 0.5) is 0 Å². The Bertz CT molecular complexity index is 391. The molecule has 2 N–H and O–H groups in total. The Kier molecular flexibility index (Phi) is 5.22. The van der Waals surface area contributed by atoms with Crippen LogP contribution in [0, 0.1) is 5.41 Å². The summed E-state index contributed by atoms with van der Waals surface area (Å²) in [5.41, 5.74) is -0.655. The van der Waals surface area contributed by atoms with Crippen molar-refractivity contribution < 1.29 is 19.8 Å². The van der Waals surface area contributed by atoms with E-state index in [1.165, 1.54) is 0 Å². The Morgan fingerprint density at radius 1 is 1.24 bits per heavy atom. The minimum atomic E-state index is -0.740. The molecule has 0 saturated carbocycles. The number of aliphatic carboxylic acids is 1. The molecule has 0 aromatic rings. The number of hydrogen-bond donors (Lipinski definition) is 2. The lowest BCUT2D eigenvalue weighted by Crippen LogP contribution is -2.50. The molecule has 0 bridgehead atoms. The maximum Gasteiger partial charge on any atom is 0.309 e. The largest absolute Gasteiger partial charge is 0.481 e. The predicted octanol–water partition coefficient (Wildman–Crippen LogP) is 0.547. The van der Waals surface area contributed by atoms with Crippen LogP contribution in [-0.2, 0) is 9.59 Å². The molecule has 6 heteroatoms. The molecule has 2 saturated heterocycles. The zero-order valence-electron chi connectivity index (χ0n) is 12.8. The summed E-state index contributed by atoms with van der Waals surface area (Å²) in [6.07, 6.45) is 3.09. The van der Waals surface area contributed by atoms with Gasteiger partial charge in [0, 0.05) is 19.6 Å². The number of likely N-dealkylation sites (tertiary alicyclic amines) is 2. The van der Waals surface area contributed by atoms with Gasteiger partial charge in [-0.05, 0) is 38.6 Å². The fourth-order valence-electron chi connectivity index (χ4n) is 3.37. The topological polar surface area (TPSA) is 81.1 Å². The van der Waals surface area contributed by atoms with Crippen molar-refractivity contribution in [1.82, 2.24) is 9.80 Å². The molecule has 6 nitrogen and oxygen atoms in total. The smallest absolute Gasteiger partial charge is 0.309 e. The van der Waals surface area contributed by atoms with Crippen LogP contribution in [0.15, 0.2) is 0 Å². The molecule has 21 heavy (non-hydrogen) atoms. The predicted molar refractivity (Wildman–Crippen MR) is 77.9 cm³/mol. The molecule has 1 atom stereocenters. The molecule has 2 aliphatic heterocycles. The molecule has 120 valence electrons. The van der Waals surface area contributed by atoms with Crippen LogP contribution >= 0.6 is 0 Å². The Morgan fingerprint density at radius 3 is 2.43 bits per heavy atom. The van der Waals surface area contributed by atoms with Gasteiger partial charge in [0.1, 0.15) is 0 Å². The van der Waals surface area contributed by atoms with Crippen LogP contribution in [0.3, 0.4) is 0 Å². The molecule has 0 unspecified atom stereocenters. The first-order valence-corrected chi connectivity index (χ1v) is 7.88. The van der Waals surface area contributed by atoms with E-state index in [4.69, 9.17) is 0 Å². The first-order chi connectivity index (χ1) is 9.97. The molecule has 2 aliphatic rings. The van der Waals surface area contributed by atoms with Crippen LogP contribution in [0.25, 0.3) is 0 Å². The van der Waals surface area contributed by atoms with Gasteiger partial charge in [-0.1, -0.05) is 6.92 Å². The normalized spacial score (nSPS) is 26.6. The first kappa shape index (κ1) is 16.2. The fourth-order valence-corrected chi connectivity index (χ4v) is 3.37. The summed E-state index contributed by atoms with van der Waals surface area (Å²) in [4.78, 5) is 27.5. The van der Waals surface area contributed by atoms with E-state index in [0.717, 1.165) is 19.4 Å². The third-order valence-corrected chi connectivity index (χ3v) is 5.04. The van der Waals surface area contributed by atoms with Crippen LogP contribution in [-0.4, -0.2) is 70.7 Å². The zero-order chi connectivity index (χ0) is 15.5. The fraction of sp³-hybridized carbons (Fsp3) is 0.867. The molecule has 0 aromatic heterocycles. The standard InChI is InChI=1S/C15H26N2O4/c1-2-15(14(20)21)5-8-17(9-6-15)13(19)11-16-7-3-4-12(18)10-16/h12,18H,2-11H2,1H3,(H,20,21)/t12-/m1/s1. The van der Waals surface area contributed by atoms with E-state index in [9.17, 15) is 19.8 Å². The van der Waals surface area contributed by atoms with Gasteiger partial charge >= 0.3 is 5.97 Å². The lowest BCUT2D eigenvalue weighted by molar-refractivity contribution is -0.155. The number of aliphatic hydroxyl groups is 1. The molecular weight excluding hydrogens is 272 g/mol. The van der Waals surface area contributed by atoms with Gasteiger partial charge in [-0.3, -0.25) is 14.5 Å². The highest BCUT2D eigenvalue weighted by Crippen LogP contribution is 2.35. The van der Waals surface area contributed by atoms with Crippen molar-refractivity contribution >= 4 is 11.9 Å². The number of amides is 1. The number of β-amino-alcohol motifs (C(OH)–C–C–N with tert-alkyl or cyclic N) is 1. The monoisotopic (exact) mass is 298 g/mol. The van der Waals surface area contributed by atoms with Crippen molar-refractivity contribution in [2.75, 3.05) is 32.7 Å². The average molecular weight is 298 g/mol. The van der Waals surface area contributed by atoms with Crippen LogP contribution in [0.1, 0.15) is 39.0 Å². The highest BCUT2D eigenvalue weighted by atomic mass is 16.4. The van der Waals surface area contributed by atoms with Gasteiger partial charge in [-0.25, -0.2) is 0 Å². The minimum Gasteiger partial charge on any atom is -0.481 e. The van der Waals surface area contributed by atoms with E-state index < -0.39 is 11.4 Å².